The maximum Gasteiger partial charge on any atom is 0.262 e. The van der Waals surface area contributed by atoms with Gasteiger partial charge in [0.25, 0.3) is 5.56 Å². The lowest BCUT2D eigenvalue weighted by molar-refractivity contribution is -0.0484. The van der Waals surface area contributed by atoms with Crippen molar-refractivity contribution in [2.24, 2.45) is 0 Å². The van der Waals surface area contributed by atoms with Crippen LogP contribution < -0.4 is 15.6 Å². The minimum atomic E-state index is -0.960. The Morgan fingerprint density at radius 3 is 2.22 bits per heavy atom. The molecule has 3 atom stereocenters. The number of methoxy groups -OCH3 is 1. The molecule has 210 valence electrons. The molecular formula is C31H29BrN4O5. The van der Waals surface area contributed by atoms with E-state index in [1.807, 2.05) is 84.9 Å². The second-order valence-corrected chi connectivity index (χ2v) is 10.8. The van der Waals surface area contributed by atoms with Gasteiger partial charge in [-0.15, -0.1) is 0 Å². The number of aromatic amines is 1. The lowest BCUT2D eigenvalue weighted by Gasteiger charge is -2.37. The number of hydrogen-bond donors (Lipinski definition) is 4. The SMILES string of the molecule is COc1ccc(C(Nc2nc3c(c(Br)cn3C3O[C@H](CO)C[C@H]3O)c(=O)[nH]2)(c2ccccc2)c2ccccc2)cc1. The molecule has 3 heterocycles. The molecule has 1 saturated heterocycles. The molecule has 10 heteroatoms. The van der Waals surface area contributed by atoms with Crippen LogP contribution in [0.5, 0.6) is 5.75 Å². The molecule has 1 aliphatic heterocycles. The predicted octanol–water partition coefficient (Wildman–Crippen LogP) is 4.54. The first-order valence-corrected chi connectivity index (χ1v) is 14.0. The number of hydrogen-bond acceptors (Lipinski definition) is 7. The molecule has 1 aliphatic rings. The molecule has 3 aromatic carbocycles. The third kappa shape index (κ3) is 4.82. The second kappa shape index (κ2) is 11.1. The van der Waals surface area contributed by atoms with E-state index in [1.165, 1.54) is 0 Å². The van der Waals surface area contributed by atoms with Crippen LogP contribution in [0.1, 0.15) is 29.3 Å². The van der Waals surface area contributed by atoms with Crippen molar-refractivity contribution in [1.29, 1.82) is 0 Å². The molecule has 0 spiro atoms. The molecular weight excluding hydrogens is 588 g/mol. The summed E-state index contributed by atoms with van der Waals surface area (Å²) in [6, 6.07) is 27.7. The van der Waals surface area contributed by atoms with Crippen molar-refractivity contribution in [3.8, 4) is 5.75 Å². The Labute approximate surface area is 244 Å². The monoisotopic (exact) mass is 616 g/mol. The molecule has 9 nitrogen and oxygen atoms in total. The Bertz CT molecular complexity index is 1670. The summed E-state index contributed by atoms with van der Waals surface area (Å²) in [4.78, 5) is 21.3. The number of H-pyrrole nitrogens is 1. The standard InChI is InChI=1S/C31H29BrN4O5/c1-40-22-14-12-21(13-15-22)31(19-8-4-2-5-9-19,20-10-6-3-7-11-20)35-30-33-27-26(28(39)34-30)24(32)17-36(27)29-25(38)16-23(18-37)41-29/h2-15,17,23,25,29,37-38H,16,18H2,1H3,(H2,33,34,35,39)/t23-,25+,29?/m0/s1. The van der Waals surface area contributed by atoms with Crippen LogP contribution in [0.15, 0.2) is 100 Å². The van der Waals surface area contributed by atoms with E-state index >= 15 is 0 Å². The minimum absolute atomic E-state index is 0.215. The Kier molecular flexibility index (Phi) is 7.39. The predicted molar refractivity (Wildman–Crippen MR) is 159 cm³/mol. The quantitative estimate of drug-likeness (QED) is 0.189. The molecule has 1 unspecified atom stereocenters. The molecule has 6 rings (SSSR count). The van der Waals surface area contributed by atoms with Crippen molar-refractivity contribution in [2.75, 3.05) is 19.0 Å². The fraction of sp³-hybridized carbons (Fsp3) is 0.226. The molecule has 41 heavy (non-hydrogen) atoms. The van der Waals surface area contributed by atoms with Gasteiger partial charge in [-0.2, -0.15) is 4.98 Å². The fourth-order valence-electron chi connectivity index (χ4n) is 5.57. The van der Waals surface area contributed by atoms with Crippen molar-refractivity contribution in [3.63, 3.8) is 0 Å². The number of fused-ring (bicyclic) bond motifs is 1. The average Bonchev–Trinajstić information content (AvgIpc) is 3.55. The summed E-state index contributed by atoms with van der Waals surface area (Å²) in [5.74, 6) is 0.944. The van der Waals surface area contributed by atoms with E-state index in [4.69, 9.17) is 14.5 Å². The van der Waals surface area contributed by atoms with Crippen molar-refractivity contribution in [3.05, 3.63) is 123 Å². The molecule has 1 fully saturated rings. The maximum atomic E-state index is 13.5. The number of benzene rings is 3. The van der Waals surface area contributed by atoms with Gasteiger partial charge in [-0.1, -0.05) is 72.8 Å². The third-order valence-corrected chi connectivity index (χ3v) is 8.12. The maximum absolute atomic E-state index is 13.5. The topological polar surface area (TPSA) is 122 Å². The summed E-state index contributed by atoms with van der Waals surface area (Å²) in [5, 5.41) is 24.2. The Morgan fingerprint density at radius 1 is 1.05 bits per heavy atom. The van der Waals surface area contributed by atoms with Gasteiger partial charge in [-0.25, -0.2) is 0 Å². The Balaban J connectivity index is 1.56. The van der Waals surface area contributed by atoms with Gasteiger partial charge in [0, 0.05) is 12.6 Å². The molecule has 0 radical (unpaired) electrons. The number of halogens is 1. The van der Waals surface area contributed by atoms with Gasteiger partial charge in [0.05, 0.1) is 29.7 Å². The van der Waals surface area contributed by atoms with Gasteiger partial charge in [-0.3, -0.25) is 9.78 Å². The van der Waals surface area contributed by atoms with Gasteiger partial charge in [0.15, 0.2) is 11.9 Å². The summed E-state index contributed by atoms with van der Waals surface area (Å²) in [6.07, 6.45) is -0.244. The van der Waals surface area contributed by atoms with Crippen molar-refractivity contribution < 1.29 is 19.7 Å². The van der Waals surface area contributed by atoms with Crippen LogP contribution in [0.25, 0.3) is 11.0 Å². The van der Waals surface area contributed by atoms with Crippen molar-refractivity contribution >= 4 is 32.9 Å². The van der Waals surface area contributed by atoms with Crippen molar-refractivity contribution in [1.82, 2.24) is 14.5 Å². The smallest absolute Gasteiger partial charge is 0.262 e. The van der Waals surface area contributed by atoms with Gasteiger partial charge in [0.2, 0.25) is 5.95 Å². The molecule has 0 amide bonds. The summed E-state index contributed by atoms with van der Waals surface area (Å²) in [5.41, 5.74) is 1.76. The third-order valence-electron chi connectivity index (χ3n) is 7.52. The largest absolute Gasteiger partial charge is 0.497 e. The van der Waals surface area contributed by atoms with Crippen LogP contribution >= 0.6 is 15.9 Å². The fourth-order valence-corrected chi connectivity index (χ4v) is 6.15. The molecule has 2 aromatic heterocycles. The lowest BCUT2D eigenvalue weighted by atomic mass is 9.77. The van der Waals surface area contributed by atoms with Crippen LogP contribution in [0.2, 0.25) is 0 Å². The zero-order valence-corrected chi connectivity index (χ0v) is 23.8. The zero-order valence-electron chi connectivity index (χ0n) is 22.2. The Morgan fingerprint density at radius 2 is 1.66 bits per heavy atom. The highest BCUT2D eigenvalue weighted by atomic mass is 79.9. The van der Waals surface area contributed by atoms with Gasteiger partial charge >= 0.3 is 0 Å². The molecule has 0 aliphatic carbocycles. The summed E-state index contributed by atoms with van der Waals surface area (Å²) in [6.45, 7) is -0.215. The lowest BCUT2D eigenvalue weighted by Crippen LogP contribution is -2.39. The van der Waals surface area contributed by atoms with Crippen molar-refractivity contribution in [2.45, 2.75) is 30.4 Å². The summed E-state index contributed by atoms with van der Waals surface area (Å²) >= 11 is 3.48. The molecule has 4 N–H and O–H groups in total. The number of aromatic nitrogens is 3. The van der Waals surface area contributed by atoms with Crippen LogP contribution in [0, 0.1) is 0 Å². The first-order valence-electron chi connectivity index (χ1n) is 13.2. The molecule has 0 bridgehead atoms. The summed E-state index contributed by atoms with van der Waals surface area (Å²) < 4.78 is 13.5. The Hall–Kier alpha value is -3.96. The number of aliphatic hydroxyl groups excluding tert-OH is 2. The molecule has 0 saturated carbocycles. The number of anilines is 1. The minimum Gasteiger partial charge on any atom is -0.497 e. The highest BCUT2D eigenvalue weighted by Gasteiger charge is 2.39. The first-order chi connectivity index (χ1) is 19.9. The van der Waals surface area contributed by atoms with E-state index in [9.17, 15) is 15.0 Å². The van der Waals surface area contributed by atoms with Crippen LogP contribution in [0.4, 0.5) is 5.95 Å². The highest BCUT2D eigenvalue weighted by molar-refractivity contribution is 9.10. The van der Waals surface area contributed by atoms with E-state index in [-0.39, 0.29) is 24.5 Å². The van der Waals surface area contributed by atoms with Gasteiger partial charge in [0.1, 0.15) is 17.4 Å². The molecule has 5 aromatic rings. The normalized spacial score (nSPS) is 19.0. The van der Waals surface area contributed by atoms with E-state index in [2.05, 4.69) is 26.2 Å². The number of aliphatic hydroxyl groups is 2. The van der Waals surface area contributed by atoms with Crippen LogP contribution in [-0.4, -0.2) is 50.7 Å². The average molecular weight is 618 g/mol. The summed E-state index contributed by atoms with van der Waals surface area (Å²) in [7, 11) is 1.62. The van der Waals surface area contributed by atoms with E-state index in [0.717, 1.165) is 22.4 Å². The number of nitrogens with zero attached hydrogens (tertiary/aromatic N) is 2. The zero-order chi connectivity index (χ0) is 28.6. The highest BCUT2D eigenvalue weighted by Crippen LogP contribution is 2.40. The van der Waals surface area contributed by atoms with Crippen LogP contribution in [0.3, 0.4) is 0 Å². The number of ether oxygens (including phenoxy) is 2. The van der Waals surface area contributed by atoms with Crippen LogP contribution in [-0.2, 0) is 10.3 Å². The number of rotatable bonds is 8. The number of nitrogens with one attached hydrogen (secondary N) is 2. The van der Waals surface area contributed by atoms with E-state index in [1.54, 1.807) is 17.9 Å². The van der Waals surface area contributed by atoms with E-state index < -0.39 is 24.0 Å². The van der Waals surface area contributed by atoms with Gasteiger partial charge in [-0.05, 0) is 44.8 Å². The second-order valence-electron chi connectivity index (χ2n) is 9.97. The van der Waals surface area contributed by atoms with E-state index in [0.29, 0.717) is 15.5 Å². The first kappa shape index (κ1) is 27.2. The van der Waals surface area contributed by atoms with Gasteiger partial charge < -0.3 is 29.6 Å².